The van der Waals surface area contributed by atoms with E-state index in [1.807, 2.05) is 0 Å². The molecule has 400 valence electrons. The van der Waals surface area contributed by atoms with Crippen LogP contribution in [0.3, 0.4) is 0 Å². The molecule has 14 heteroatoms. The smallest absolute Gasteiger partial charge is 0.262 e. The van der Waals surface area contributed by atoms with Crippen molar-refractivity contribution in [2.45, 2.75) is 261 Å². The van der Waals surface area contributed by atoms with Crippen molar-refractivity contribution >= 4 is 81.4 Å². The maximum absolute atomic E-state index is 15.5. The quantitative estimate of drug-likeness (QED) is 0.0468. The maximum Gasteiger partial charge on any atom is 0.262 e. The van der Waals surface area contributed by atoms with Gasteiger partial charge in [0.15, 0.2) is 0 Å². The van der Waals surface area contributed by atoms with Crippen molar-refractivity contribution in [3.8, 4) is 24.3 Å². The van der Waals surface area contributed by atoms with Crippen molar-refractivity contribution in [1.82, 2.24) is 9.80 Å². The third-order valence-corrected chi connectivity index (χ3v) is 21.3. The van der Waals surface area contributed by atoms with Gasteiger partial charge in [-0.25, -0.2) is 0 Å². The molecule has 4 amide bonds. The second-order valence-electron chi connectivity index (χ2n) is 21.5. The van der Waals surface area contributed by atoms with Crippen molar-refractivity contribution in [3.05, 3.63) is 22.3 Å². The topological polar surface area (TPSA) is 170 Å². The molecule has 74 heavy (non-hydrogen) atoms. The molecular weight excluding hydrogens is 997 g/mol. The van der Waals surface area contributed by atoms with Gasteiger partial charge in [-0.05, 0) is 37.5 Å². The normalized spacial score (nSPS) is 16.8. The predicted molar refractivity (Wildman–Crippen MR) is 303 cm³/mol. The molecule has 0 aliphatic carbocycles. The lowest BCUT2D eigenvalue weighted by Gasteiger charge is -2.36. The zero-order chi connectivity index (χ0) is 53.1. The Balaban J connectivity index is 1.42. The number of fused-ring (bicyclic) bond motifs is 6. The predicted octanol–water partition coefficient (Wildman–Crippen LogP) is 17.7. The first-order chi connectivity index (χ1) is 36.0. The van der Waals surface area contributed by atoms with Crippen LogP contribution in [0, 0.1) is 57.2 Å². The maximum atomic E-state index is 15.5. The van der Waals surface area contributed by atoms with Gasteiger partial charge >= 0.3 is 0 Å². The van der Waals surface area contributed by atoms with Crippen LogP contribution >= 0.6 is 47.0 Å². The number of nitrogens with zero attached hydrogens (tertiary/aromatic N) is 6. The third-order valence-electron chi connectivity index (χ3n) is 15.7. The van der Waals surface area contributed by atoms with Gasteiger partial charge in [0.2, 0.25) is 8.16 Å². The zero-order valence-electron chi connectivity index (χ0n) is 45.1. The van der Waals surface area contributed by atoms with Crippen molar-refractivity contribution in [2.75, 3.05) is 13.1 Å². The van der Waals surface area contributed by atoms with Crippen LogP contribution in [0.25, 0.3) is 10.8 Å². The van der Waals surface area contributed by atoms with Crippen LogP contribution in [0.1, 0.15) is 275 Å². The standard InChI is InChI=1S/C60H82N6O4S4/c1-5-9-13-17-21-23-27-31-35-43(33-29-25-19-15-11-7-3)37-65-55(67)47-45-46-49(53-51(47)71-59(39-61,40-62)73-53)57(69)66(58(70)50(46)54-52(48(45)56(65)68)72-60(41-63,42-64)74-54)38-44(34-30-26-20-16-12-8-4)36-32-28-24-22-18-14-10-6-2/h43-44H,5-38H2,1-4H3. The highest BCUT2D eigenvalue weighted by Crippen LogP contribution is 2.65. The molecule has 2 aromatic rings. The van der Waals surface area contributed by atoms with Crippen molar-refractivity contribution in [2.24, 2.45) is 11.8 Å². The molecule has 10 nitrogen and oxygen atoms in total. The molecule has 4 aliphatic heterocycles. The van der Waals surface area contributed by atoms with Crippen LogP contribution in [-0.4, -0.2) is 54.7 Å². The minimum Gasteiger partial charge on any atom is -0.274 e. The number of benzene rings is 2. The van der Waals surface area contributed by atoms with Crippen LogP contribution in [0.15, 0.2) is 19.6 Å². The number of hydrogen-bond donors (Lipinski definition) is 0. The molecular formula is C60H82N6O4S4. The molecule has 0 saturated heterocycles. The Morgan fingerprint density at radius 1 is 0.351 bits per heavy atom. The Morgan fingerprint density at radius 3 is 0.757 bits per heavy atom. The molecule has 2 aromatic carbocycles. The monoisotopic (exact) mass is 1080 g/mol. The van der Waals surface area contributed by atoms with E-state index >= 15 is 19.2 Å². The molecule has 0 radical (unpaired) electrons. The number of rotatable bonds is 36. The van der Waals surface area contributed by atoms with Gasteiger partial charge in [0.05, 0.1) is 22.3 Å². The fourth-order valence-electron chi connectivity index (χ4n) is 11.5. The van der Waals surface area contributed by atoms with Crippen LogP contribution in [0.4, 0.5) is 0 Å². The number of hydrogen-bond acceptors (Lipinski definition) is 12. The molecule has 0 spiro atoms. The third kappa shape index (κ3) is 14.1. The highest BCUT2D eigenvalue weighted by atomic mass is 32.2. The van der Waals surface area contributed by atoms with Gasteiger partial charge in [-0.3, -0.25) is 29.0 Å². The summed E-state index contributed by atoms with van der Waals surface area (Å²) in [6, 6.07) is 8.72. The first-order valence-corrected chi connectivity index (χ1v) is 32.2. The summed E-state index contributed by atoms with van der Waals surface area (Å²) in [4.78, 5) is 65.9. The average Bonchev–Trinajstić information content (AvgIpc) is 4.00. The number of thioether (sulfide) groups is 4. The van der Waals surface area contributed by atoms with Gasteiger partial charge in [0, 0.05) is 43.4 Å². The number of nitriles is 4. The van der Waals surface area contributed by atoms with Gasteiger partial charge in [-0.1, -0.05) is 255 Å². The molecule has 0 N–H and O–H groups in total. The van der Waals surface area contributed by atoms with Gasteiger partial charge in [0.1, 0.15) is 24.3 Å². The van der Waals surface area contributed by atoms with E-state index in [9.17, 15) is 21.0 Å². The van der Waals surface area contributed by atoms with Gasteiger partial charge < -0.3 is 0 Å². The minimum absolute atomic E-state index is 0.0233. The molecule has 4 aliphatic rings. The van der Waals surface area contributed by atoms with E-state index in [1.165, 1.54) is 99.7 Å². The number of imide groups is 2. The summed E-state index contributed by atoms with van der Waals surface area (Å²) in [7, 11) is 0. The molecule has 0 saturated carbocycles. The Morgan fingerprint density at radius 2 is 0.554 bits per heavy atom. The van der Waals surface area contributed by atoms with Gasteiger partial charge in [-0.2, -0.15) is 21.0 Å². The van der Waals surface area contributed by atoms with Crippen LogP contribution in [0.2, 0.25) is 0 Å². The summed E-state index contributed by atoms with van der Waals surface area (Å²) in [6.45, 7) is 9.19. The van der Waals surface area contributed by atoms with Crippen LogP contribution in [0.5, 0.6) is 0 Å². The highest BCUT2D eigenvalue weighted by Gasteiger charge is 2.55. The average molecular weight is 1080 g/mol. The summed E-state index contributed by atoms with van der Waals surface area (Å²) < 4.78 is -3.47. The minimum atomic E-state index is -1.73. The number of amides is 4. The van der Waals surface area contributed by atoms with E-state index in [4.69, 9.17) is 0 Å². The van der Waals surface area contributed by atoms with E-state index in [0.29, 0.717) is 19.6 Å². The van der Waals surface area contributed by atoms with E-state index < -0.39 is 31.8 Å². The Kier molecular flexibility index (Phi) is 24.0. The van der Waals surface area contributed by atoms with Crippen molar-refractivity contribution in [1.29, 1.82) is 21.0 Å². The molecule has 6 rings (SSSR count). The number of unbranched alkanes of at least 4 members (excludes halogenated alkanes) is 24. The molecule has 4 heterocycles. The number of carbonyl (C=O) groups is 4. The fraction of sp³-hybridized carbons (Fsp3) is 0.700. The van der Waals surface area contributed by atoms with E-state index in [2.05, 4.69) is 52.0 Å². The van der Waals surface area contributed by atoms with Gasteiger partial charge in [0.25, 0.3) is 23.6 Å². The fourth-order valence-corrected chi connectivity index (χ4v) is 16.8. The first kappa shape index (κ1) is 59.6. The molecule has 2 atom stereocenters. The molecule has 2 unspecified atom stereocenters. The van der Waals surface area contributed by atoms with E-state index in [-0.39, 0.29) is 58.0 Å². The van der Waals surface area contributed by atoms with E-state index in [0.717, 1.165) is 163 Å². The van der Waals surface area contributed by atoms with Crippen molar-refractivity contribution < 1.29 is 19.2 Å². The largest absolute Gasteiger partial charge is 0.274 e. The summed E-state index contributed by atoms with van der Waals surface area (Å²) in [5.74, 6) is -2.20. The van der Waals surface area contributed by atoms with Crippen molar-refractivity contribution in [3.63, 3.8) is 0 Å². The highest BCUT2D eigenvalue weighted by molar-refractivity contribution is 8.22. The lowest BCUT2D eigenvalue weighted by Crippen LogP contribution is -2.46. The molecule has 0 aromatic heterocycles. The zero-order valence-corrected chi connectivity index (χ0v) is 48.4. The second kappa shape index (κ2) is 29.7. The summed E-state index contributed by atoms with van der Waals surface area (Å²) in [6.07, 6.45) is 35.5. The Bertz CT molecular complexity index is 2190. The molecule has 0 bridgehead atoms. The summed E-state index contributed by atoms with van der Waals surface area (Å²) >= 11 is 3.75. The second-order valence-corrected chi connectivity index (χ2v) is 26.9. The Hall–Kier alpha value is -3.66. The van der Waals surface area contributed by atoms with Crippen LogP contribution in [-0.2, 0) is 0 Å². The SMILES string of the molecule is CCCCCCCCCCC(CCCCCCCC)CN1C(=O)c2c3c(c4c5c(c6c(c(c25)C1=O)SC(C#N)(C#N)S6)C(=O)N(CC(CCCCCCCC)CCCCCCCCCC)C4=O)SC(C#N)(C#N)S3. The lowest BCUT2D eigenvalue weighted by molar-refractivity contribution is 0.0548. The van der Waals surface area contributed by atoms with E-state index in [1.54, 1.807) is 0 Å². The first-order valence-electron chi connectivity index (χ1n) is 28.9. The van der Waals surface area contributed by atoms with Crippen LogP contribution < -0.4 is 0 Å². The summed E-state index contributed by atoms with van der Waals surface area (Å²) in [5.41, 5.74) is 0.479. The lowest BCUT2D eigenvalue weighted by atomic mass is 9.84. The number of carbonyl (C=O) groups excluding carboxylic acids is 4. The van der Waals surface area contributed by atoms with Gasteiger partial charge in [-0.15, -0.1) is 0 Å². The Labute approximate surface area is 461 Å². The molecule has 0 fully saturated rings. The summed E-state index contributed by atoms with van der Waals surface area (Å²) in [5, 5.41) is 43.0.